The number of cyclic esters (lactones) is 1. The van der Waals surface area contributed by atoms with Crippen LogP contribution in [0.25, 0.3) is 0 Å². The standard InChI is InChI=1S/C8H8O2/c1-3-6(2)7-4-5-10-8(7)9/h1H,4-5H2,2H3/b7-6-. The lowest BCUT2D eigenvalue weighted by atomic mass is 10.1. The maximum absolute atomic E-state index is 10.8. The number of ether oxygens (including phenoxy) is 1. The van der Waals surface area contributed by atoms with Gasteiger partial charge >= 0.3 is 5.97 Å². The minimum absolute atomic E-state index is 0.254. The number of esters is 1. The average Bonchev–Trinajstić information content (AvgIpc) is 2.34. The van der Waals surface area contributed by atoms with Crippen LogP contribution in [0.4, 0.5) is 0 Å². The molecule has 1 saturated heterocycles. The first-order valence-corrected chi connectivity index (χ1v) is 3.09. The molecular formula is C8H8O2. The molecule has 0 aromatic heterocycles. The maximum Gasteiger partial charge on any atom is 0.335 e. The van der Waals surface area contributed by atoms with Crippen molar-refractivity contribution in [2.75, 3.05) is 6.61 Å². The fraction of sp³-hybridized carbons (Fsp3) is 0.375. The van der Waals surface area contributed by atoms with Crippen LogP contribution in [0.5, 0.6) is 0 Å². The predicted octanol–water partition coefficient (Wildman–Crippen LogP) is 0.883. The number of allylic oxidation sites excluding steroid dienone is 1. The Balaban J connectivity index is 2.93. The van der Waals surface area contributed by atoms with Gasteiger partial charge in [0.1, 0.15) is 0 Å². The van der Waals surface area contributed by atoms with Crippen LogP contribution in [0.15, 0.2) is 11.1 Å². The number of carbonyl (C=O) groups excluding carboxylic acids is 1. The molecular weight excluding hydrogens is 128 g/mol. The second-order valence-electron chi connectivity index (χ2n) is 2.13. The highest BCUT2D eigenvalue weighted by atomic mass is 16.5. The van der Waals surface area contributed by atoms with Gasteiger partial charge in [-0.05, 0) is 6.92 Å². The van der Waals surface area contributed by atoms with Gasteiger partial charge in [0.05, 0.1) is 12.2 Å². The van der Waals surface area contributed by atoms with Gasteiger partial charge in [-0.2, -0.15) is 0 Å². The summed E-state index contributed by atoms with van der Waals surface area (Å²) in [6.45, 7) is 2.23. The van der Waals surface area contributed by atoms with Crippen LogP contribution < -0.4 is 0 Å². The monoisotopic (exact) mass is 136 g/mol. The molecule has 0 aliphatic carbocycles. The Morgan fingerprint density at radius 3 is 2.90 bits per heavy atom. The second kappa shape index (κ2) is 2.57. The van der Waals surface area contributed by atoms with E-state index in [0.717, 1.165) is 0 Å². The molecule has 1 heterocycles. The summed E-state index contributed by atoms with van der Waals surface area (Å²) in [6, 6.07) is 0. The minimum atomic E-state index is -0.254. The number of hydrogen-bond donors (Lipinski definition) is 0. The van der Waals surface area contributed by atoms with Gasteiger partial charge in [0.25, 0.3) is 0 Å². The molecule has 0 bridgehead atoms. The summed E-state index contributed by atoms with van der Waals surface area (Å²) in [5.74, 6) is 2.16. The van der Waals surface area contributed by atoms with Gasteiger partial charge < -0.3 is 4.74 Å². The van der Waals surface area contributed by atoms with Crippen LogP contribution in [0.2, 0.25) is 0 Å². The van der Waals surface area contributed by atoms with Crippen molar-refractivity contribution in [3.05, 3.63) is 11.1 Å². The normalized spacial score (nSPS) is 21.8. The van der Waals surface area contributed by atoms with Gasteiger partial charge in [0, 0.05) is 12.0 Å². The largest absolute Gasteiger partial charge is 0.462 e. The highest BCUT2D eigenvalue weighted by molar-refractivity contribution is 5.91. The van der Waals surface area contributed by atoms with Crippen LogP contribution in [0.3, 0.4) is 0 Å². The van der Waals surface area contributed by atoms with E-state index in [4.69, 9.17) is 11.2 Å². The van der Waals surface area contributed by atoms with Gasteiger partial charge in [-0.25, -0.2) is 4.79 Å². The Hall–Kier alpha value is -1.23. The van der Waals surface area contributed by atoms with Crippen molar-refractivity contribution >= 4 is 5.97 Å². The molecule has 0 aromatic rings. The van der Waals surface area contributed by atoms with Crippen molar-refractivity contribution in [1.82, 2.24) is 0 Å². The molecule has 0 radical (unpaired) electrons. The molecule has 1 rings (SSSR count). The van der Waals surface area contributed by atoms with Crippen molar-refractivity contribution in [1.29, 1.82) is 0 Å². The molecule has 0 unspecified atom stereocenters. The van der Waals surface area contributed by atoms with E-state index in [1.54, 1.807) is 6.92 Å². The average molecular weight is 136 g/mol. The highest BCUT2D eigenvalue weighted by Crippen LogP contribution is 2.16. The van der Waals surface area contributed by atoms with Gasteiger partial charge in [-0.1, -0.05) is 5.92 Å². The van der Waals surface area contributed by atoms with E-state index in [2.05, 4.69) is 5.92 Å². The fourth-order valence-corrected chi connectivity index (χ4v) is 0.863. The summed E-state index contributed by atoms with van der Waals surface area (Å²) in [7, 11) is 0. The molecule has 10 heavy (non-hydrogen) atoms. The molecule has 0 aromatic carbocycles. The van der Waals surface area contributed by atoms with E-state index in [1.807, 2.05) is 0 Å². The third-order valence-corrected chi connectivity index (χ3v) is 1.50. The smallest absolute Gasteiger partial charge is 0.335 e. The molecule has 0 saturated carbocycles. The van der Waals surface area contributed by atoms with Gasteiger partial charge in [-0.3, -0.25) is 0 Å². The molecule has 1 aliphatic rings. The fourth-order valence-electron chi connectivity index (χ4n) is 0.863. The first kappa shape index (κ1) is 6.88. The van der Waals surface area contributed by atoms with E-state index in [9.17, 15) is 4.79 Å². The molecule has 0 spiro atoms. The predicted molar refractivity (Wildman–Crippen MR) is 37.1 cm³/mol. The van der Waals surface area contributed by atoms with Gasteiger partial charge in [0.15, 0.2) is 0 Å². The highest BCUT2D eigenvalue weighted by Gasteiger charge is 2.20. The molecule has 0 atom stereocenters. The summed E-state index contributed by atoms with van der Waals surface area (Å²) in [6.07, 6.45) is 5.76. The summed E-state index contributed by atoms with van der Waals surface area (Å²) in [5.41, 5.74) is 1.35. The van der Waals surface area contributed by atoms with Crippen molar-refractivity contribution < 1.29 is 9.53 Å². The number of rotatable bonds is 0. The number of carbonyl (C=O) groups is 1. The summed E-state index contributed by atoms with van der Waals surface area (Å²) in [4.78, 5) is 10.8. The Morgan fingerprint density at radius 1 is 1.80 bits per heavy atom. The van der Waals surface area contributed by atoms with E-state index in [1.165, 1.54) is 0 Å². The van der Waals surface area contributed by atoms with Gasteiger partial charge in [0.2, 0.25) is 0 Å². The lowest BCUT2D eigenvalue weighted by Gasteiger charge is -1.91. The molecule has 0 amide bonds. The molecule has 0 N–H and O–H groups in total. The Bertz CT molecular complexity index is 230. The zero-order valence-corrected chi connectivity index (χ0v) is 5.81. The number of hydrogen-bond acceptors (Lipinski definition) is 2. The quantitative estimate of drug-likeness (QED) is 0.281. The van der Waals surface area contributed by atoms with Crippen LogP contribution >= 0.6 is 0 Å². The summed E-state index contributed by atoms with van der Waals surface area (Å²) >= 11 is 0. The number of terminal acetylenes is 1. The third kappa shape index (κ3) is 1.03. The lowest BCUT2D eigenvalue weighted by Crippen LogP contribution is -1.96. The summed E-state index contributed by atoms with van der Waals surface area (Å²) in [5, 5.41) is 0. The first-order valence-electron chi connectivity index (χ1n) is 3.09. The third-order valence-electron chi connectivity index (χ3n) is 1.50. The van der Waals surface area contributed by atoms with Crippen LogP contribution in [0.1, 0.15) is 13.3 Å². The van der Waals surface area contributed by atoms with Crippen molar-refractivity contribution in [2.45, 2.75) is 13.3 Å². The Kier molecular flexibility index (Phi) is 1.77. The first-order chi connectivity index (χ1) is 4.75. The molecule has 1 fully saturated rings. The second-order valence-corrected chi connectivity index (χ2v) is 2.13. The topological polar surface area (TPSA) is 26.3 Å². The maximum atomic E-state index is 10.8. The van der Waals surface area contributed by atoms with Crippen molar-refractivity contribution in [3.63, 3.8) is 0 Å². The van der Waals surface area contributed by atoms with Gasteiger partial charge in [-0.15, -0.1) is 6.42 Å². The SMILES string of the molecule is C#C/C(C)=C1/CCOC1=O. The van der Waals surface area contributed by atoms with E-state index in [-0.39, 0.29) is 5.97 Å². The van der Waals surface area contributed by atoms with Crippen LogP contribution in [-0.2, 0) is 9.53 Å². The zero-order chi connectivity index (χ0) is 7.56. The summed E-state index contributed by atoms with van der Waals surface area (Å²) < 4.78 is 4.70. The Morgan fingerprint density at radius 2 is 2.50 bits per heavy atom. The van der Waals surface area contributed by atoms with E-state index >= 15 is 0 Å². The zero-order valence-electron chi connectivity index (χ0n) is 5.81. The Labute approximate surface area is 59.9 Å². The molecule has 52 valence electrons. The van der Waals surface area contributed by atoms with E-state index in [0.29, 0.717) is 24.2 Å². The van der Waals surface area contributed by atoms with Crippen molar-refractivity contribution in [2.24, 2.45) is 0 Å². The molecule has 1 aliphatic heterocycles. The van der Waals surface area contributed by atoms with Crippen LogP contribution in [0, 0.1) is 12.3 Å². The van der Waals surface area contributed by atoms with Crippen LogP contribution in [-0.4, -0.2) is 12.6 Å². The van der Waals surface area contributed by atoms with Crippen molar-refractivity contribution in [3.8, 4) is 12.3 Å². The lowest BCUT2D eigenvalue weighted by molar-refractivity contribution is -0.135. The van der Waals surface area contributed by atoms with E-state index < -0.39 is 0 Å². The minimum Gasteiger partial charge on any atom is -0.462 e. The molecule has 2 heteroatoms. The molecule has 2 nitrogen and oxygen atoms in total.